The molecule has 2 aromatic carbocycles. The molecule has 0 aromatic heterocycles. The van der Waals surface area contributed by atoms with Crippen LogP contribution in [0.5, 0.6) is 0 Å². The lowest BCUT2D eigenvalue weighted by Crippen LogP contribution is -2.35. The summed E-state index contributed by atoms with van der Waals surface area (Å²) in [7, 11) is 0. The van der Waals surface area contributed by atoms with Gasteiger partial charge >= 0.3 is 5.97 Å². The molecular weight excluding hydrogens is 351 g/mol. The van der Waals surface area contributed by atoms with E-state index in [-0.39, 0.29) is 16.9 Å². The molecule has 6 nitrogen and oxygen atoms in total. The van der Waals surface area contributed by atoms with Gasteiger partial charge in [-0.2, -0.15) is 0 Å². The molecule has 1 fully saturated rings. The summed E-state index contributed by atoms with van der Waals surface area (Å²) in [6, 6.07) is 12.6. The van der Waals surface area contributed by atoms with E-state index in [2.05, 4.69) is 4.90 Å². The summed E-state index contributed by atoms with van der Waals surface area (Å²) < 4.78 is 13.0. The fourth-order valence-electron chi connectivity index (χ4n) is 3.43. The van der Waals surface area contributed by atoms with E-state index in [4.69, 9.17) is 4.84 Å². The topological polar surface area (TPSA) is 66.9 Å². The molecule has 0 spiro atoms. The molecule has 1 atom stereocenters. The Morgan fingerprint density at radius 1 is 1.04 bits per heavy atom. The first-order chi connectivity index (χ1) is 13.0. The number of hydrogen-bond donors (Lipinski definition) is 0. The van der Waals surface area contributed by atoms with Crippen molar-refractivity contribution in [3.63, 3.8) is 0 Å². The van der Waals surface area contributed by atoms with Gasteiger partial charge in [-0.3, -0.25) is 14.5 Å². The third-order valence-corrected chi connectivity index (χ3v) is 4.86. The molecular formula is C20H17FN2O4. The van der Waals surface area contributed by atoms with Crippen molar-refractivity contribution in [1.82, 2.24) is 9.96 Å². The zero-order valence-corrected chi connectivity index (χ0v) is 14.4. The van der Waals surface area contributed by atoms with Crippen LogP contribution in [0.3, 0.4) is 0 Å². The molecule has 1 saturated heterocycles. The SMILES string of the molecule is O=C(ON1C(=O)c2ccccc2C1=O)C1CCN(Cc2ccc(F)cc2)C1. The number of imide groups is 1. The number of fused-ring (bicyclic) bond motifs is 1. The Hall–Kier alpha value is -3.06. The second kappa shape index (κ2) is 6.92. The lowest BCUT2D eigenvalue weighted by atomic mass is 10.1. The highest BCUT2D eigenvalue weighted by atomic mass is 19.1. The van der Waals surface area contributed by atoms with Crippen molar-refractivity contribution in [2.45, 2.75) is 13.0 Å². The molecule has 138 valence electrons. The number of hydroxylamine groups is 2. The standard InChI is InChI=1S/C20H17FN2O4/c21-15-7-5-13(6-8-15)11-22-10-9-14(12-22)20(26)27-23-18(24)16-3-1-2-4-17(16)19(23)25/h1-8,14H,9-12H2. The van der Waals surface area contributed by atoms with Crippen LogP contribution >= 0.6 is 0 Å². The molecule has 2 aliphatic heterocycles. The molecule has 0 saturated carbocycles. The molecule has 27 heavy (non-hydrogen) atoms. The van der Waals surface area contributed by atoms with E-state index >= 15 is 0 Å². The predicted molar refractivity (Wildman–Crippen MR) is 92.8 cm³/mol. The second-order valence-electron chi connectivity index (χ2n) is 6.71. The van der Waals surface area contributed by atoms with Gasteiger partial charge in [-0.15, -0.1) is 0 Å². The van der Waals surface area contributed by atoms with Gasteiger partial charge in [0.05, 0.1) is 17.0 Å². The molecule has 0 radical (unpaired) electrons. The van der Waals surface area contributed by atoms with E-state index < -0.39 is 23.7 Å². The first-order valence-electron chi connectivity index (χ1n) is 8.69. The van der Waals surface area contributed by atoms with Crippen LogP contribution in [0.2, 0.25) is 0 Å². The maximum absolute atomic E-state index is 13.0. The fraction of sp³-hybridized carbons (Fsp3) is 0.250. The van der Waals surface area contributed by atoms with E-state index in [0.29, 0.717) is 31.1 Å². The number of carbonyl (C=O) groups is 3. The van der Waals surface area contributed by atoms with Crippen molar-refractivity contribution in [3.8, 4) is 0 Å². The van der Waals surface area contributed by atoms with Crippen molar-refractivity contribution < 1.29 is 23.6 Å². The molecule has 2 heterocycles. The average molecular weight is 368 g/mol. The molecule has 0 bridgehead atoms. The summed E-state index contributed by atoms with van der Waals surface area (Å²) in [6.45, 7) is 1.73. The van der Waals surface area contributed by atoms with Crippen LogP contribution in [-0.2, 0) is 16.2 Å². The first kappa shape index (κ1) is 17.4. The van der Waals surface area contributed by atoms with Crippen LogP contribution in [0.15, 0.2) is 48.5 Å². The molecule has 7 heteroatoms. The molecule has 0 aliphatic carbocycles. The van der Waals surface area contributed by atoms with Crippen molar-refractivity contribution in [1.29, 1.82) is 0 Å². The monoisotopic (exact) mass is 368 g/mol. The number of rotatable bonds is 4. The van der Waals surface area contributed by atoms with Crippen molar-refractivity contribution in [2.24, 2.45) is 5.92 Å². The summed E-state index contributed by atoms with van der Waals surface area (Å²) >= 11 is 0. The van der Waals surface area contributed by atoms with Crippen LogP contribution in [-0.4, -0.2) is 40.8 Å². The Bertz CT molecular complexity index is 877. The quantitative estimate of drug-likeness (QED) is 0.776. The minimum atomic E-state index is -0.620. The maximum Gasteiger partial charge on any atom is 0.337 e. The zero-order valence-electron chi connectivity index (χ0n) is 14.4. The molecule has 1 unspecified atom stereocenters. The van der Waals surface area contributed by atoms with Gasteiger partial charge in [0.2, 0.25) is 0 Å². The van der Waals surface area contributed by atoms with Gasteiger partial charge in [0.1, 0.15) is 5.82 Å². The van der Waals surface area contributed by atoms with E-state index in [1.165, 1.54) is 24.3 Å². The summed E-state index contributed by atoms with van der Waals surface area (Å²) in [5, 5.41) is 0.551. The Morgan fingerprint density at radius 2 is 1.67 bits per heavy atom. The third kappa shape index (κ3) is 3.33. The highest BCUT2D eigenvalue weighted by Gasteiger charge is 2.40. The van der Waals surface area contributed by atoms with Crippen molar-refractivity contribution in [2.75, 3.05) is 13.1 Å². The highest BCUT2D eigenvalue weighted by molar-refractivity contribution is 6.20. The summed E-state index contributed by atoms with van der Waals surface area (Å²) in [5.74, 6) is -2.54. The minimum Gasteiger partial charge on any atom is -0.329 e. The van der Waals surface area contributed by atoms with Crippen molar-refractivity contribution in [3.05, 3.63) is 71.0 Å². The largest absolute Gasteiger partial charge is 0.337 e. The molecule has 2 amide bonds. The Kier molecular flexibility index (Phi) is 4.45. The van der Waals surface area contributed by atoms with Crippen LogP contribution < -0.4 is 0 Å². The smallest absolute Gasteiger partial charge is 0.329 e. The Labute approximate surface area is 155 Å². The van der Waals surface area contributed by atoms with Crippen LogP contribution in [0.25, 0.3) is 0 Å². The zero-order chi connectivity index (χ0) is 19.0. The number of amides is 2. The molecule has 2 aromatic rings. The maximum atomic E-state index is 13.0. The molecule has 0 N–H and O–H groups in total. The number of benzene rings is 2. The lowest BCUT2D eigenvalue weighted by molar-refractivity contribution is -0.173. The van der Waals surface area contributed by atoms with E-state index in [9.17, 15) is 18.8 Å². The van der Waals surface area contributed by atoms with E-state index in [1.807, 2.05) is 0 Å². The van der Waals surface area contributed by atoms with Gasteiger partial charge in [-0.25, -0.2) is 9.18 Å². The van der Waals surface area contributed by atoms with Crippen LogP contribution in [0.1, 0.15) is 32.7 Å². The van der Waals surface area contributed by atoms with Gasteiger partial charge in [0.15, 0.2) is 0 Å². The van der Waals surface area contributed by atoms with Gasteiger partial charge in [0, 0.05) is 13.1 Å². The van der Waals surface area contributed by atoms with Gasteiger partial charge in [0.25, 0.3) is 11.8 Å². The predicted octanol–water partition coefficient (Wildman–Crippen LogP) is 2.40. The Balaban J connectivity index is 1.36. The number of hydrogen-bond acceptors (Lipinski definition) is 5. The summed E-state index contributed by atoms with van der Waals surface area (Å²) in [6.07, 6.45) is 0.573. The third-order valence-electron chi connectivity index (χ3n) is 4.86. The fourth-order valence-corrected chi connectivity index (χ4v) is 3.43. The number of nitrogens with zero attached hydrogens (tertiary/aromatic N) is 2. The number of halogens is 1. The van der Waals surface area contributed by atoms with Crippen LogP contribution in [0, 0.1) is 11.7 Å². The van der Waals surface area contributed by atoms with Gasteiger partial charge in [-0.1, -0.05) is 29.3 Å². The van der Waals surface area contributed by atoms with Crippen molar-refractivity contribution >= 4 is 17.8 Å². The van der Waals surface area contributed by atoms with Gasteiger partial charge in [-0.05, 0) is 42.8 Å². The number of carbonyl (C=O) groups excluding carboxylic acids is 3. The summed E-state index contributed by atoms with van der Waals surface area (Å²) in [5.41, 5.74) is 1.42. The normalized spacial score (nSPS) is 19.4. The first-order valence-corrected chi connectivity index (χ1v) is 8.69. The van der Waals surface area contributed by atoms with E-state index in [0.717, 1.165) is 5.56 Å². The summed E-state index contributed by atoms with van der Waals surface area (Å²) in [4.78, 5) is 44.2. The second-order valence-corrected chi connectivity index (χ2v) is 6.71. The van der Waals surface area contributed by atoms with E-state index in [1.54, 1.807) is 24.3 Å². The average Bonchev–Trinajstić information content (AvgIpc) is 3.23. The molecule has 2 aliphatic rings. The van der Waals surface area contributed by atoms with Crippen LogP contribution in [0.4, 0.5) is 4.39 Å². The highest BCUT2D eigenvalue weighted by Crippen LogP contribution is 2.25. The minimum absolute atomic E-state index is 0.236. The number of likely N-dealkylation sites (tertiary alicyclic amines) is 1. The Morgan fingerprint density at radius 3 is 2.30 bits per heavy atom. The van der Waals surface area contributed by atoms with Gasteiger partial charge < -0.3 is 4.84 Å². The lowest BCUT2D eigenvalue weighted by Gasteiger charge is -2.17. The molecule has 4 rings (SSSR count).